The average molecular weight is 410 g/mol. The summed E-state index contributed by atoms with van der Waals surface area (Å²) in [5.74, 6) is 0.979. The monoisotopic (exact) mass is 409 g/mol. The van der Waals surface area contributed by atoms with E-state index < -0.39 is 10.0 Å². The zero-order valence-corrected chi connectivity index (χ0v) is 17.7. The van der Waals surface area contributed by atoms with Gasteiger partial charge in [-0.2, -0.15) is 0 Å². The molecule has 0 aliphatic rings. The van der Waals surface area contributed by atoms with Crippen LogP contribution in [0, 0.1) is 20.8 Å². The molecule has 29 heavy (non-hydrogen) atoms. The van der Waals surface area contributed by atoms with Gasteiger partial charge in [-0.05, 0) is 56.5 Å². The molecule has 4 aromatic rings. The summed E-state index contributed by atoms with van der Waals surface area (Å²) in [7, 11) is -3.83. The molecule has 0 spiro atoms. The summed E-state index contributed by atoms with van der Waals surface area (Å²) in [5.41, 5.74) is 3.56. The summed E-state index contributed by atoms with van der Waals surface area (Å²) in [6.45, 7) is 7.78. The Labute approximate surface area is 170 Å². The highest BCUT2D eigenvalue weighted by atomic mass is 32.2. The van der Waals surface area contributed by atoms with E-state index in [9.17, 15) is 8.42 Å². The second kappa shape index (κ2) is 7.11. The summed E-state index contributed by atoms with van der Waals surface area (Å²) in [6, 6.07) is 13.0. The maximum absolute atomic E-state index is 13.7. The average Bonchev–Trinajstić information content (AvgIpc) is 3.09. The van der Waals surface area contributed by atoms with Gasteiger partial charge in [0, 0.05) is 6.54 Å². The van der Waals surface area contributed by atoms with Gasteiger partial charge in [-0.1, -0.05) is 31.2 Å². The largest absolute Gasteiger partial charge is 0.274 e. The third-order valence-electron chi connectivity index (χ3n) is 4.95. The first-order valence-corrected chi connectivity index (χ1v) is 11.0. The topological polar surface area (TPSA) is 80.5 Å². The van der Waals surface area contributed by atoms with Crippen molar-refractivity contribution in [1.29, 1.82) is 0 Å². The van der Waals surface area contributed by atoms with Crippen LogP contribution >= 0.6 is 0 Å². The molecular weight excluding hydrogens is 386 g/mol. The highest BCUT2D eigenvalue weighted by Gasteiger charge is 2.30. The van der Waals surface area contributed by atoms with E-state index in [0.29, 0.717) is 41.3 Å². The molecule has 8 heteroatoms. The Morgan fingerprint density at radius 3 is 2.55 bits per heavy atom. The Kier molecular flexibility index (Phi) is 4.74. The van der Waals surface area contributed by atoms with Crippen molar-refractivity contribution in [1.82, 2.24) is 19.6 Å². The Hall–Kier alpha value is -3.00. The molecule has 2 aromatic heterocycles. The van der Waals surface area contributed by atoms with Crippen molar-refractivity contribution in [2.75, 3.05) is 10.8 Å². The normalized spacial score (nSPS) is 12.0. The van der Waals surface area contributed by atoms with Crippen molar-refractivity contribution < 1.29 is 8.42 Å². The van der Waals surface area contributed by atoms with Crippen molar-refractivity contribution in [3.05, 3.63) is 59.4 Å². The molecule has 7 nitrogen and oxygen atoms in total. The molecule has 0 aliphatic heterocycles. The van der Waals surface area contributed by atoms with Crippen LogP contribution in [-0.4, -0.2) is 34.5 Å². The molecule has 0 saturated carbocycles. The molecule has 0 radical (unpaired) electrons. The first-order valence-electron chi connectivity index (χ1n) is 9.55. The number of para-hydroxylation sites is 2. The molecule has 150 valence electrons. The first kappa shape index (κ1) is 19.3. The lowest BCUT2D eigenvalue weighted by Crippen LogP contribution is -2.33. The van der Waals surface area contributed by atoms with Gasteiger partial charge >= 0.3 is 0 Å². The van der Waals surface area contributed by atoms with E-state index in [2.05, 4.69) is 10.2 Å². The van der Waals surface area contributed by atoms with Crippen molar-refractivity contribution in [2.24, 2.45) is 0 Å². The van der Waals surface area contributed by atoms with Crippen LogP contribution in [0.4, 0.5) is 5.82 Å². The van der Waals surface area contributed by atoms with E-state index in [1.807, 2.05) is 61.6 Å². The third-order valence-corrected chi connectivity index (χ3v) is 6.88. The second-order valence-electron chi connectivity index (χ2n) is 7.18. The molecule has 2 heterocycles. The number of rotatable bonds is 5. The number of sulfonamides is 1. The summed E-state index contributed by atoms with van der Waals surface area (Å²) in [5, 5.41) is 8.45. The highest BCUT2D eigenvalue weighted by Crippen LogP contribution is 2.30. The molecule has 0 amide bonds. The van der Waals surface area contributed by atoms with E-state index in [1.165, 1.54) is 4.31 Å². The number of hydrogen-bond donors (Lipinski definition) is 0. The van der Waals surface area contributed by atoms with Crippen LogP contribution in [0.5, 0.6) is 0 Å². The van der Waals surface area contributed by atoms with Gasteiger partial charge in [0.2, 0.25) is 5.65 Å². The van der Waals surface area contributed by atoms with Gasteiger partial charge in [-0.25, -0.2) is 17.7 Å². The summed E-state index contributed by atoms with van der Waals surface area (Å²) in [6.07, 6.45) is 0.637. The minimum atomic E-state index is -3.83. The molecule has 0 fully saturated rings. The molecule has 2 aromatic carbocycles. The lowest BCUT2D eigenvalue weighted by Gasteiger charge is -2.24. The van der Waals surface area contributed by atoms with E-state index in [-0.39, 0.29) is 4.90 Å². The molecule has 0 N–H and O–H groups in total. The minimum Gasteiger partial charge on any atom is -0.274 e. The molecule has 0 unspecified atom stereocenters. The molecule has 0 atom stereocenters. The van der Waals surface area contributed by atoms with E-state index in [4.69, 9.17) is 4.98 Å². The molecule has 4 rings (SSSR count). The van der Waals surface area contributed by atoms with Gasteiger partial charge in [0.05, 0.1) is 15.9 Å². The lowest BCUT2D eigenvalue weighted by atomic mass is 10.2. The zero-order valence-electron chi connectivity index (χ0n) is 16.9. The number of aromatic nitrogens is 4. The fraction of sp³-hybridized carbons (Fsp3) is 0.286. The Balaban J connectivity index is 2.03. The second-order valence-corrected chi connectivity index (χ2v) is 9.01. The van der Waals surface area contributed by atoms with Crippen molar-refractivity contribution in [3.63, 3.8) is 0 Å². The number of fused-ring (bicyclic) bond motifs is 3. The van der Waals surface area contributed by atoms with Crippen LogP contribution in [0.1, 0.15) is 30.3 Å². The van der Waals surface area contributed by atoms with Crippen LogP contribution in [0.2, 0.25) is 0 Å². The van der Waals surface area contributed by atoms with E-state index in [1.54, 1.807) is 13.0 Å². The van der Waals surface area contributed by atoms with Crippen LogP contribution in [-0.2, 0) is 10.0 Å². The van der Waals surface area contributed by atoms with Gasteiger partial charge in [0.25, 0.3) is 10.0 Å². The van der Waals surface area contributed by atoms with Crippen molar-refractivity contribution >= 4 is 32.5 Å². The van der Waals surface area contributed by atoms with E-state index >= 15 is 0 Å². The predicted molar refractivity (Wildman–Crippen MR) is 114 cm³/mol. The summed E-state index contributed by atoms with van der Waals surface area (Å²) in [4.78, 5) is 4.99. The summed E-state index contributed by atoms with van der Waals surface area (Å²) < 4.78 is 30.6. The molecule has 0 aliphatic carbocycles. The molecular formula is C21H23N5O2S. The SMILES string of the molecule is CCCN(c1nc2ccccc2n2c(C)nnc12)S(=O)(=O)c1cc(C)ccc1C. The van der Waals surface area contributed by atoms with Crippen LogP contribution in [0.25, 0.3) is 16.7 Å². The number of hydrogen-bond acceptors (Lipinski definition) is 5. The minimum absolute atomic E-state index is 0.287. The lowest BCUT2D eigenvalue weighted by molar-refractivity contribution is 0.589. The summed E-state index contributed by atoms with van der Waals surface area (Å²) >= 11 is 0. The van der Waals surface area contributed by atoms with E-state index in [0.717, 1.165) is 11.1 Å². The standard InChI is InChI=1S/C21H23N5O2S/c1-5-12-25(29(27,28)19-13-14(2)10-11-15(19)3)20-21-24-23-16(4)26(21)18-9-7-6-8-17(18)22-20/h6-11,13H,5,12H2,1-4H3. The van der Waals surface area contributed by atoms with Crippen LogP contribution in [0.3, 0.4) is 0 Å². The number of aryl methyl sites for hydroxylation is 3. The zero-order chi connectivity index (χ0) is 20.8. The van der Waals surface area contributed by atoms with Gasteiger partial charge in [0.1, 0.15) is 5.82 Å². The molecule has 0 saturated heterocycles. The highest BCUT2D eigenvalue weighted by molar-refractivity contribution is 7.92. The Bertz CT molecular complexity index is 1330. The van der Waals surface area contributed by atoms with Gasteiger partial charge in [-0.15, -0.1) is 10.2 Å². The maximum Gasteiger partial charge on any atom is 0.265 e. The number of nitrogens with zero attached hydrogens (tertiary/aromatic N) is 5. The third kappa shape index (κ3) is 3.13. The predicted octanol–water partition coefficient (Wildman–Crippen LogP) is 3.81. The van der Waals surface area contributed by atoms with Gasteiger partial charge < -0.3 is 0 Å². The Morgan fingerprint density at radius 1 is 1.03 bits per heavy atom. The smallest absolute Gasteiger partial charge is 0.265 e. The van der Waals surface area contributed by atoms with Crippen molar-refractivity contribution in [3.8, 4) is 0 Å². The molecule has 0 bridgehead atoms. The number of anilines is 1. The fourth-order valence-corrected chi connectivity index (χ4v) is 5.34. The fourth-order valence-electron chi connectivity index (χ4n) is 3.52. The Morgan fingerprint density at radius 2 is 1.79 bits per heavy atom. The quantitative estimate of drug-likeness (QED) is 0.501. The van der Waals surface area contributed by atoms with Crippen LogP contribution < -0.4 is 4.31 Å². The first-order chi connectivity index (χ1) is 13.8. The van der Waals surface area contributed by atoms with Gasteiger partial charge in [0.15, 0.2) is 5.82 Å². The maximum atomic E-state index is 13.7. The van der Waals surface area contributed by atoms with Crippen LogP contribution in [0.15, 0.2) is 47.4 Å². The van der Waals surface area contributed by atoms with Gasteiger partial charge in [-0.3, -0.25) is 4.40 Å². The number of benzene rings is 2. The van der Waals surface area contributed by atoms with Crippen molar-refractivity contribution in [2.45, 2.75) is 39.0 Å².